The minimum Gasteiger partial charge on any atom is -0.375 e. The van der Waals surface area contributed by atoms with E-state index in [0.717, 1.165) is 30.9 Å². The third kappa shape index (κ3) is 2.66. The first kappa shape index (κ1) is 14.5. The summed E-state index contributed by atoms with van der Waals surface area (Å²) in [5, 5.41) is 5.76. The number of hydrogen-bond acceptors (Lipinski definition) is 5. The predicted octanol–water partition coefficient (Wildman–Crippen LogP) is 0.441. The first-order valence-electron chi connectivity index (χ1n) is 8.02. The molecule has 0 aromatic heterocycles. The Labute approximate surface area is 134 Å². The molecule has 0 spiro atoms. The summed E-state index contributed by atoms with van der Waals surface area (Å²) in [6.07, 6.45) is 0.333. The molecule has 122 valence electrons. The number of benzene rings is 1. The Balaban J connectivity index is 1.64. The van der Waals surface area contributed by atoms with Gasteiger partial charge in [0.25, 0.3) is 0 Å². The average Bonchev–Trinajstić information content (AvgIpc) is 2.73. The quantitative estimate of drug-likeness (QED) is 0.786. The summed E-state index contributed by atoms with van der Waals surface area (Å²) in [4.78, 5) is 27.3. The molecule has 2 N–H and O–H groups in total. The van der Waals surface area contributed by atoms with Gasteiger partial charge in [-0.2, -0.15) is 0 Å². The fourth-order valence-electron chi connectivity index (χ4n) is 3.48. The molecule has 7 heteroatoms. The molecule has 3 aliphatic rings. The Morgan fingerprint density at radius 2 is 2.13 bits per heavy atom. The number of rotatable bonds is 1. The lowest BCUT2D eigenvalue weighted by Gasteiger charge is -2.37. The first-order valence-corrected chi connectivity index (χ1v) is 8.02. The van der Waals surface area contributed by atoms with Crippen LogP contribution in [0.3, 0.4) is 0 Å². The second kappa shape index (κ2) is 5.82. The molecule has 4 rings (SSSR count). The van der Waals surface area contributed by atoms with Crippen molar-refractivity contribution in [2.45, 2.75) is 19.1 Å². The highest BCUT2D eigenvalue weighted by Crippen LogP contribution is 2.31. The molecular formula is C16H20N4O3. The van der Waals surface area contributed by atoms with Gasteiger partial charge in [0.05, 0.1) is 19.3 Å². The molecule has 0 unspecified atom stereocenters. The van der Waals surface area contributed by atoms with E-state index in [1.54, 1.807) is 4.90 Å². The molecule has 23 heavy (non-hydrogen) atoms. The van der Waals surface area contributed by atoms with Crippen LogP contribution < -0.4 is 20.4 Å². The number of fused-ring (bicyclic) bond motifs is 3. The van der Waals surface area contributed by atoms with Gasteiger partial charge < -0.3 is 15.0 Å². The Morgan fingerprint density at radius 1 is 1.22 bits per heavy atom. The molecule has 1 atom stereocenters. The molecule has 1 aromatic rings. The standard InChI is InChI=1S/C16H20N4O3/c21-15-3-5-20(16(22)18-15)12-1-2-14-11(7-12)9-23-10-13-8-17-4-6-19(13)14/h1-2,7,13,17H,3-6,8-10H2,(H,18,21,22)/t13-/m1/s1. The van der Waals surface area contributed by atoms with E-state index in [9.17, 15) is 9.59 Å². The van der Waals surface area contributed by atoms with Crippen LogP contribution in [0.5, 0.6) is 0 Å². The topological polar surface area (TPSA) is 73.9 Å². The zero-order valence-corrected chi connectivity index (χ0v) is 12.9. The number of hydrogen-bond donors (Lipinski definition) is 2. The van der Waals surface area contributed by atoms with E-state index in [4.69, 9.17) is 4.74 Å². The second-order valence-electron chi connectivity index (χ2n) is 6.13. The lowest BCUT2D eigenvalue weighted by Crippen LogP contribution is -2.53. The number of ether oxygens (including phenoxy) is 1. The van der Waals surface area contributed by atoms with E-state index in [1.165, 1.54) is 5.69 Å². The van der Waals surface area contributed by atoms with Crippen LogP contribution in [-0.4, -0.2) is 50.8 Å². The van der Waals surface area contributed by atoms with Gasteiger partial charge in [-0.05, 0) is 18.2 Å². The molecule has 7 nitrogen and oxygen atoms in total. The van der Waals surface area contributed by atoms with E-state index in [2.05, 4.69) is 21.6 Å². The number of anilines is 2. The lowest BCUT2D eigenvalue weighted by molar-refractivity contribution is -0.120. The number of imide groups is 1. The zero-order chi connectivity index (χ0) is 15.8. The van der Waals surface area contributed by atoms with Gasteiger partial charge in [-0.15, -0.1) is 0 Å². The maximum atomic E-state index is 12.0. The zero-order valence-electron chi connectivity index (χ0n) is 12.9. The summed E-state index contributed by atoms with van der Waals surface area (Å²) < 4.78 is 5.82. The highest BCUT2D eigenvalue weighted by molar-refractivity contribution is 6.05. The van der Waals surface area contributed by atoms with Gasteiger partial charge >= 0.3 is 6.03 Å². The summed E-state index contributed by atoms with van der Waals surface area (Å²) in [6, 6.07) is 6.04. The van der Waals surface area contributed by atoms with Gasteiger partial charge in [0.15, 0.2) is 0 Å². The summed E-state index contributed by atoms with van der Waals surface area (Å²) >= 11 is 0. The minimum absolute atomic E-state index is 0.215. The fourth-order valence-corrected chi connectivity index (χ4v) is 3.48. The molecule has 0 saturated carbocycles. The van der Waals surface area contributed by atoms with Crippen LogP contribution in [0.2, 0.25) is 0 Å². The number of urea groups is 1. The third-order valence-electron chi connectivity index (χ3n) is 4.66. The minimum atomic E-state index is -0.351. The van der Waals surface area contributed by atoms with Crippen molar-refractivity contribution in [2.75, 3.05) is 42.6 Å². The fraction of sp³-hybridized carbons (Fsp3) is 0.500. The van der Waals surface area contributed by atoms with Crippen molar-refractivity contribution in [2.24, 2.45) is 0 Å². The number of carbonyl (C=O) groups excluding carboxylic acids is 2. The van der Waals surface area contributed by atoms with Crippen LogP contribution in [-0.2, 0) is 16.1 Å². The average molecular weight is 316 g/mol. The highest BCUT2D eigenvalue weighted by Gasteiger charge is 2.29. The lowest BCUT2D eigenvalue weighted by atomic mass is 10.1. The van der Waals surface area contributed by atoms with Crippen LogP contribution in [0.1, 0.15) is 12.0 Å². The van der Waals surface area contributed by atoms with Gasteiger partial charge in [0.1, 0.15) is 0 Å². The number of carbonyl (C=O) groups is 2. The van der Waals surface area contributed by atoms with Crippen LogP contribution in [0, 0.1) is 0 Å². The Morgan fingerprint density at radius 3 is 3.00 bits per heavy atom. The van der Waals surface area contributed by atoms with Crippen molar-refractivity contribution >= 4 is 23.3 Å². The van der Waals surface area contributed by atoms with E-state index >= 15 is 0 Å². The number of piperazine rings is 1. The van der Waals surface area contributed by atoms with Gasteiger partial charge in [-0.3, -0.25) is 15.0 Å². The summed E-state index contributed by atoms with van der Waals surface area (Å²) in [6.45, 7) is 4.52. The van der Waals surface area contributed by atoms with Crippen molar-refractivity contribution in [3.05, 3.63) is 23.8 Å². The summed E-state index contributed by atoms with van der Waals surface area (Å²) in [7, 11) is 0. The number of amides is 3. The van der Waals surface area contributed by atoms with Crippen LogP contribution in [0.15, 0.2) is 18.2 Å². The van der Waals surface area contributed by atoms with Gasteiger partial charge in [0, 0.05) is 49.5 Å². The normalized spacial score (nSPS) is 24.6. The Bertz CT molecular complexity index is 648. The smallest absolute Gasteiger partial charge is 0.328 e. The van der Waals surface area contributed by atoms with Crippen LogP contribution in [0.25, 0.3) is 0 Å². The van der Waals surface area contributed by atoms with Gasteiger partial charge in [-0.25, -0.2) is 4.79 Å². The molecule has 3 aliphatic heterocycles. The van der Waals surface area contributed by atoms with Crippen molar-refractivity contribution < 1.29 is 14.3 Å². The van der Waals surface area contributed by atoms with Gasteiger partial charge in [-0.1, -0.05) is 0 Å². The van der Waals surface area contributed by atoms with Crippen LogP contribution >= 0.6 is 0 Å². The summed E-state index contributed by atoms with van der Waals surface area (Å²) in [5.74, 6) is -0.215. The Kier molecular flexibility index (Phi) is 3.66. The first-order chi connectivity index (χ1) is 11.2. The summed E-state index contributed by atoms with van der Waals surface area (Å²) in [5.41, 5.74) is 3.09. The maximum absolute atomic E-state index is 12.0. The predicted molar refractivity (Wildman–Crippen MR) is 85.6 cm³/mol. The van der Waals surface area contributed by atoms with Crippen molar-refractivity contribution in [1.82, 2.24) is 10.6 Å². The SMILES string of the molecule is O=C1CCN(c2ccc3c(c2)COC[C@H]2CNCCN32)C(=O)N1. The van der Waals surface area contributed by atoms with E-state index < -0.39 is 0 Å². The monoisotopic (exact) mass is 316 g/mol. The molecular weight excluding hydrogens is 296 g/mol. The number of nitrogens with zero attached hydrogens (tertiary/aromatic N) is 2. The highest BCUT2D eigenvalue weighted by atomic mass is 16.5. The molecule has 0 radical (unpaired) electrons. The van der Waals surface area contributed by atoms with Crippen molar-refractivity contribution in [3.63, 3.8) is 0 Å². The second-order valence-corrected chi connectivity index (χ2v) is 6.13. The van der Waals surface area contributed by atoms with E-state index in [-0.39, 0.29) is 11.9 Å². The molecule has 3 heterocycles. The maximum Gasteiger partial charge on any atom is 0.328 e. The Hall–Kier alpha value is -2.12. The van der Waals surface area contributed by atoms with Crippen molar-refractivity contribution in [1.29, 1.82) is 0 Å². The molecule has 1 aromatic carbocycles. The van der Waals surface area contributed by atoms with E-state index in [0.29, 0.717) is 32.2 Å². The molecule has 2 saturated heterocycles. The van der Waals surface area contributed by atoms with Gasteiger partial charge in [0.2, 0.25) is 5.91 Å². The molecule has 3 amide bonds. The van der Waals surface area contributed by atoms with Crippen LogP contribution in [0.4, 0.5) is 16.2 Å². The van der Waals surface area contributed by atoms with E-state index in [1.807, 2.05) is 12.1 Å². The molecule has 2 fully saturated rings. The largest absolute Gasteiger partial charge is 0.375 e. The third-order valence-corrected chi connectivity index (χ3v) is 4.66. The molecule has 0 aliphatic carbocycles. The molecule has 0 bridgehead atoms. The number of nitrogens with one attached hydrogen (secondary N) is 2. The van der Waals surface area contributed by atoms with Crippen molar-refractivity contribution in [3.8, 4) is 0 Å².